The smallest absolute Gasteiger partial charge is 0.325 e. The monoisotopic (exact) mass is 361 g/mol. The molecule has 2 heterocycles. The maximum absolute atomic E-state index is 12.4. The lowest BCUT2D eigenvalue weighted by Gasteiger charge is -2.27. The van der Waals surface area contributed by atoms with Crippen molar-refractivity contribution in [1.82, 2.24) is 14.9 Å². The van der Waals surface area contributed by atoms with Crippen LogP contribution in [0, 0.1) is 0 Å². The number of thioether (sulfide) groups is 1. The summed E-state index contributed by atoms with van der Waals surface area (Å²) in [5.41, 5.74) is 0.210. The van der Waals surface area contributed by atoms with Crippen LogP contribution in [0.1, 0.15) is 17.7 Å². The normalized spacial score (nSPS) is 13.4. The van der Waals surface area contributed by atoms with E-state index in [1.807, 2.05) is 24.3 Å². The van der Waals surface area contributed by atoms with Gasteiger partial charge in [0.1, 0.15) is 5.75 Å². The van der Waals surface area contributed by atoms with Crippen molar-refractivity contribution in [3.05, 3.63) is 56.4 Å². The Kier molecular flexibility index (Phi) is 5.28. The van der Waals surface area contributed by atoms with Gasteiger partial charge in [-0.3, -0.25) is 14.6 Å². The number of ether oxygens (including phenoxy) is 1. The Bertz CT molecular complexity index is 873. The number of aromatic amines is 2. The highest BCUT2D eigenvalue weighted by molar-refractivity contribution is 7.99. The number of nitrogens with one attached hydrogen (secondary N) is 2. The summed E-state index contributed by atoms with van der Waals surface area (Å²) >= 11 is 1.61. The number of hydrogen-bond donors (Lipinski definition) is 2. The fourth-order valence-electron chi connectivity index (χ4n) is 2.77. The molecular weight excluding hydrogens is 342 g/mol. The van der Waals surface area contributed by atoms with E-state index in [1.165, 1.54) is 0 Å². The molecular formula is C17H19N3O4S. The van der Waals surface area contributed by atoms with Crippen molar-refractivity contribution in [3.8, 4) is 5.75 Å². The molecule has 0 aliphatic carbocycles. The summed E-state index contributed by atoms with van der Waals surface area (Å²) < 4.78 is 5.12. The quantitative estimate of drug-likeness (QED) is 0.779. The first-order valence-electron chi connectivity index (χ1n) is 7.96. The molecule has 1 aliphatic heterocycles. The van der Waals surface area contributed by atoms with E-state index in [4.69, 9.17) is 4.74 Å². The number of hydrogen-bond acceptors (Lipinski definition) is 5. The Balaban J connectivity index is 1.55. The van der Waals surface area contributed by atoms with E-state index in [9.17, 15) is 14.4 Å². The second kappa shape index (κ2) is 7.60. The molecule has 1 aliphatic rings. The van der Waals surface area contributed by atoms with Gasteiger partial charge in [-0.05, 0) is 30.7 Å². The zero-order valence-electron chi connectivity index (χ0n) is 13.8. The fraction of sp³-hybridized carbons (Fsp3) is 0.353. The Hall–Kier alpha value is -2.48. The van der Waals surface area contributed by atoms with E-state index in [0.717, 1.165) is 10.6 Å². The van der Waals surface area contributed by atoms with E-state index >= 15 is 0 Å². The van der Waals surface area contributed by atoms with Gasteiger partial charge in [0.15, 0.2) is 0 Å². The Morgan fingerprint density at radius 2 is 2.00 bits per heavy atom. The van der Waals surface area contributed by atoms with Gasteiger partial charge in [-0.2, -0.15) is 0 Å². The number of nitrogens with zero attached hydrogens (tertiary/aromatic N) is 1. The Labute approximate surface area is 148 Å². The summed E-state index contributed by atoms with van der Waals surface area (Å²) in [5.74, 6) is 1.49. The van der Waals surface area contributed by atoms with Gasteiger partial charge in [-0.1, -0.05) is 0 Å². The van der Waals surface area contributed by atoms with Gasteiger partial charge in [0, 0.05) is 34.9 Å². The zero-order chi connectivity index (χ0) is 17.8. The molecule has 132 valence electrons. The number of aromatic nitrogens is 2. The minimum absolute atomic E-state index is 0.0211. The first-order chi connectivity index (χ1) is 12.1. The van der Waals surface area contributed by atoms with E-state index < -0.39 is 5.69 Å². The van der Waals surface area contributed by atoms with Crippen LogP contribution in [0.2, 0.25) is 0 Å². The summed E-state index contributed by atoms with van der Waals surface area (Å²) in [4.78, 5) is 43.1. The lowest BCUT2D eigenvalue weighted by Crippen LogP contribution is -2.41. The molecule has 0 radical (unpaired) electrons. The van der Waals surface area contributed by atoms with E-state index in [1.54, 1.807) is 23.8 Å². The molecule has 0 unspecified atom stereocenters. The molecule has 1 aromatic heterocycles. The van der Waals surface area contributed by atoms with Crippen molar-refractivity contribution < 1.29 is 9.53 Å². The number of rotatable bonds is 5. The topological polar surface area (TPSA) is 95.3 Å². The van der Waals surface area contributed by atoms with Crippen LogP contribution in [0.5, 0.6) is 5.75 Å². The number of carbonyl (C=O) groups excluding carboxylic acids is 1. The molecule has 2 N–H and O–H groups in total. The standard InChI is InChI=1S/C17H19N3O4S/c1-24-11-2-4-12(5-3-11)25-9-7-15(21)20-8-6-13-14(10-20)18-17(23)19-16(13)22/h2-5H,6-10H2,1H3,(H2,18,19,22,23). The number of amides is 1. The van der Waals surface area contributed by atoms with Crippen LogP contribution in [0.15, 0.2) is 38.8 Å². The average Bonchev–Trinajstić information content (AvgIpc) is 2.61. The predicted octanol–water partition coefficient (Wildman–Crippen LogP) is 1.14. The molecule has 0 saturated carbocycles. The second-order valence-electron chi connectivity index (χ2n) is 5.70. The van der Waals surface area contributed by atoms with Crippen LogP contribution in [0.3, 0.4) is 0 Å². The van der Waals surface area contributed by atoms with Crippen molar-refractivity contribution in [2.75, 3.05) is 19.4 Å². The number of methoxy groups -OCH3 is 1. The maximum atomic E-state index is 12.4. The van der Waals surface area contributed by atoms with Crippen LogP contribution in [0.4, 0.5) is 0 Å². The summed E-state index contributed by atoms with van der Waals surface area (Å²) in [6.45, 7) is 0.773. The molecule has 1 aromatic carbocycles. The lowest BCUT2D eigenvalue weighted by atomic mass is 10.1. The average molecular weight is 361 g/mol. The third kappa shape index (κ3) is 4.14. The van der Waals surface area contributed by atoms with Gasteiger partial charge >= 0.3 is 5.69 Å². The zero-order valence-corrected chi connectivity index (χ0v) is 14.6. The van der Waals surface area contributed by atoms with E-state index in [-0.39, 0.29) is 18.0 Å². The minimum Gasteiger partial charge on any atom is -0.497 e. The number of benzene rings is 1. The van der Waals surface area contributed by atoms with Gasteiger partial charge < -0.3 is 14.6 Å². The number of carbonyl (C=O) groups is 1. The lowest BCUT2D eigenvalue weighted by molar-refractivity contribution is -0.131. The number of H-pyrrole nitrogens is 2. The Morgan fingerprint density at radius 3 is 2.72 bits per heavy atom. The van der Waals surface area contributed by atoms with E-state index in [2.05, 4.69) is 9.97 Å². The van der Waals surface area contributed by atoms with Crippen LogP contribution in [-0.4, -0.2) is 40.2 Å². The van der Waals surface area contributed by atoms with Gasteiger partial charge in [0.25, 0.3) is 5.56 Å². The molecule has 8 heteroatoms. The molecule has 0 saturated heterocycles. The summed E-state index contributed by atoms with van der Waals surface area (Å²) in [6, 6.07) is 7.70. The van der Waals surface area contributed by atoms with E-state index in [0.29, 0.717) is 36.4 Å². The van der Waals surface area contributed by atoms with Gasteiger partial charge in [0.2, 0.25) is 5.91 Å². The summed E-state index contributed by atoms with van der Waals surface area (Å²) in [5, 5.41) is 0. The van der Waals surface area contributed by atoms with Crippen molar-refractivity contribution >= 4 is 17.7 Å². The van der Waals surface area contributed by atoms with Crippen LogP contribution >= 0.6 is 11.8 Å². The summed E-state index contributed by atoms with van der Waals surface area (Å²) in [6.07, 6.45) is 0.859. The maximum Gasteiger partial charge on any atom is 0.325 e. The third-order valence-electron chi connectivity index (χ3n) is 4.11. The van der Waals surface area contributed by atoms with Gasteiger partial charge in [0.05, 0.1) is 13.7 Å². The van der Waals surface area contributed by atoms with Crippen LogP contribution in [-0.2, 0) is 17.8 Å². The SMILES string of the molecule is COc1ccc(SCCC(=O)N2CCc3c([nH]c(=O)[nH]c3=O)C2)cc1. The molecule has 0 fully saturated rings. The highest BCUT2D eigenvalue weighted by Gasteiger charge is 2.23. The second-order valence-corrected chi connectivity index (χ2v) is 6.87. The highest BCUT2D eigenvalue weighted by Crippen LogP contribution is 2.22. The molecule has 25 heavy (non-hydrogen) atoms. The van der Waals surface area contributed by atoms with Crippen LogP contribution in [0.25, 0.3) is 0 Å². The number of fused-ring (bicyclic) bond motifs is 1. The van der Waals surface area contributed by atoms with Gasteiger partial charge in [-0.15, -0.1) is 11.8 Å². The first-order valence-corrected chi connectivity index (χ1v) is 8.94. The molecule has 0 atom stereocenters. The van der Waals surface area contributed by atoms with Crippen molar-refractivity contribution in [1.29, 1.82) is 0 Å². The third-order valence-corrected chi connectivity index (χ3v) is 5.12. The molecule has 0 spiro atoms. The summed E-state index contributed by atoms with van der Waals surface area (Å²) in [7, 11) is 1.62. The molecule has 7 nitrogen and oxygen atoms in total. The molecule has 1 amide bonds. The van der Waals surface area contributed by atoms with Crippen molar-refractivity contribution in [3.63, 3.8) is 0 Å². The predicted molar refractivity (Wildman–Crippen MR) is 95.1 cm³/mol. The van der Waals surface area contributed by atoms with Gasteiger partial charge in [-0.25, -0.2) is 4.79 Å². The molecule has 0 bridgehead atoms. The Morgan fingerprint density at radius 1 is 1.24 bits per heavy atom. The van der Waals surface area contributed by atoms with Crippen molar-refractivity contribution in [2.24, 2.45) is 0 Å². The van der Waals surface area contributed by atoms with Crippen LogP contribution < -0.4 is 16.0 Å². The fourth-order valence-corrected chi connectivity index (χ4v) is 3.62. The molecule has 2 aromatic rings. The highest BCUT2D eigenvalue weighted by atomic mass is 32.2. The molecule has 3 rings (SSSR count). The largest absolute Gasteiger partial charge is 0.497 e. The van der Waals surface area contributed by atoms with Crippen molar-refractivity contribution in [2.45, 2.75) is 24.3 Å². The minimum atomic E-state index is -0.534. The first kappa shape index (κ1) is 17.3.